The molecule has 0 atom stereocenters. The molecule has 0 radical (unpaired) electrons. The normalized spacial score (nSPS) is 11.1. The number of hydrogen-bond acceptors (Lipinski definition) is 6. The summed E-state index contributed by atoms with van der Waals surface area (Å²) < 4.78 is 24.9. The molecule has 168 valence electrons. The van der Waals surface area contributed by atoms with Crippen molar-refractivity contribution in [1.29, 1.82) is 0 Å². The summed E-state index contributed by atoms with van der Waals surface area (Å²) in [6, 6.07) is 2.27. The van der Waals surface area contributed by atoms with Crippen LogP contribution < -0.4 is 15.5 Å². The smallest absolute Gasteiger partial charge is 0.414 e. The van der Waals surface area contributed by atoms with E-state index < -0.39 is 29.4 Å². The summed E-state index contributed by atoms with van der Waals surface area (Å²) in [5.74, 6) is -1.75. The number of aromatic amines is 1. The van der Waals surface area contributed by atoms with Gasteiger partial charge in [-0.25, -0.2) is 14.0 Å². The lowest BCUT2D eigenvalue weighted by molar-refractivity contribution is -0.117. The highest BCUT2D eigenvalue weighted by atomic mass is 32.1. The van der Waals surface area contributed by atoms with Crippen molar-refractivity contribution in [3.05, 3.63) is 23.5 Å². The van der Waals surface area contributed by atoms with Crippen molar-refractivity contribution in [3.63, 3.8) is 0 Å². The van der Waals surface area contributed by atoms with E-state index in [-0.39, 0.29) is 39.7 Å². The highest BCUT2D eigenvalue weighted by Crippen LogP contribution is 2.35. The number of nitrogens with zero attached hydrogens (tertiary/aromatic N) is 1. The van der Waals surface area contributed by atoms with Crippen molar-refractivity contribution in [2.24, 2.45) is 0 Å². The summed E-state index contributed by atoms with van der Waals surface area (Å²) >= 11 is 5.07. The lowest BCUT2D eigenvalue weighted by Crippen LogP contribution is -2.34. The Kier molecular flexibility index (Phi) is 7.21. The SMILES string of the molecule is CCOC(=O)c1c(NC(=S)NC(C)=O)[nH]c2c(N(C)C(=O)OC(C)(C)C)cc(F)cc12. The fourth-order valence-electron chi connectivity index (χ4n) is 2.75. The molecule has 2 aromatic rings. The van der Waals surface area contributed by atoms with E-state index in [0.29, 0.717) is 0 Å². The molecule has 3 N–H and O–H groups in total. The summed E-state index contributed by atoms with van der Waals surface area (Å²) in [4.78, 5) is 40.5. The van der Waals surface area contributed by atoms with Crippen LogP contribution in [-0.4, -0.2) is 47.3 Å². The number of halogens is 1. The quantitative estimate of drug-likeness (QED) is 0.479. The Hall–Kier alpha value is -3.21. The summed E-state index contributed by atoms with van der Waals surface area (Å²) in [6.07, 6.45) is -0.713. The Morgan fingerprint density at radius 2 is 1.90 bits per heavy atom. The Morgan fingerprint density at radius 1 is 1.26 bits per heavy atom. The van der Waals surface area contributed by atoms with E-state index in [1.54, 1.807) is 27.7 Å². The fourth-order valence-corrected chi connectivity index (χ4v) is 3.00. The summed E-state index contributed by atoms with van der Waals surface area (Å²) in [5, 5.41) is 5.17. The molecule has 0 unspecified atom stereocenters. The zero-order chi connectivity index (χ0) is 23.5. The van der Waals surface area contributed by atoms with Crippen LogP contribution in [0, 0.1) is 5.82 Å². The number of hydrogen-bond donors (Lipinski definition) is 3. The van der Waals surface area contributed by atoms with Gasteiger partial charge in [0.15, 0.2) is 5.11 Å². The molecule has 0 spiro atoms. The van der Waals surface area contributed by atoms with E-state index in [1.807, 2.05) is 0 Å². The Balaban J connectivity index is 2.64. The molecule has 0 saturated carbocycles. The predicted octanol–water partition coefficient (Wildman–Crippen LogP) is 3.69. The van der Waals surface area contributed by atoms with E-state index in [1.165, 1.54) is 14.0 Å². The van der Waals surface area contributed by atoms with Gasteiger partial charge in [-0.1, -0.05) is 0 Å². The van der Waals surface area contributed by atoms with Crippen LogP contribution in [-0.2, 0) is 14.3 Å². The largest absolute Gasteiger partial charge is 0.462 e. The minimum Gasteiger partial charge on any atom is -0.462 e. The van der Waals surface area contributed by atoms with Gasteiger partial charge in [-0.3, -0.25) is 9.69 Å². The lowest BCUT2D eigenvalue weighted by Gasteiger charge is -2.25. The third kappa shape index (κ3) is 5.91. The second-order valence-corrected chi connectivity index (χ2v) is 8.03. The van der Waals surface area contributed by atoms with Gasteiger partial charge in [0.25, 0.3) is 0 Å². The second-order valence-electron chi connectivity index (χ2n) is 7.62. The van der Waals surface area contributed by atoms with E-state index in [4.69, 9.17) is 21.7 Å². The number of nitrogens with one attached hydrogen (secondary N) is 3. The molecular formula is C20H25FN4O5S. The highest BCUT2D eigenvalue weighted by Gasteiger charge is 2.27. The molecular weight excluding hydrogens is 427 g/mol. The van der Waals surface area contributed by atoms with Crippen molar-refractivity contribution in [2.75, 3.05) is 23.9 Å². The molecule has 9 nitrogen and oxygen atoms in total. The van der Waals surface area contributed by atoms with E-state index >= 15 is 0 Å². The number of esters is 1. The zero-order valence-electron chi connectivity index (χ0n) is 18.1. The molecule has 31 heavy (non-hydrogen) atoms. The first-order valence-electron chi connectivity index (χ1n) is 9.41. The molecule has 1 aromatic carbocycles. The maximum atomic E-state index is 14.5. The van der Waals surface area contributed by atoms with Crippen LogP contribution >= 0.6 is 12.2 Å². The first kappa shape index (κ1) is 24.1. The Bertz CT molecular complexity index is 1040. The van der Waals surface area contributed by atoms with Gasteiger partial charge in [-0.2, -0.15) is 0 Å². The number of carbonyl (C=O) groups excluding carboxylic acids is 3. The molecule has 11 heteroatoms. The number of ether oxygens (including phenoxy) is 2. The number of amides is 2. The lowest BCUT2D eigenvalue weighted by atomic mass is 10.1. The summed E-state index contributed by atoms with van der Waals surface area (Å²) in [7, 11) is 1.42. The molecule has 0 aliphatic heterocycles. The number of rotatable bonds is 4. The fraction of sp³-hybridized carbons (Fsp3) is 0.400. The van der Waals surface area contributed by atoms with Gasteiger partial charge in [-0.15, -0.1) is 0 Å². The Labute approximate surface area is 184 Å². The molecule has 0 saturated heterocycles. The number of anilines is 2. The van der Waals surface area contributed by atoms with Crippen LogP contribution in [0.5, 0.6) is 0 Å². The van der Waals surface area contributed by atoms with Crippen molar-refractivity contribution in [3.8, 4) is 0 Å². The van der Waals surface area contributed by atoms with Crippen LogP contribution in [0.25, 0.3) is 10.9 Å². The second kappa shape index (κ2) is 9.29. The topological polar surface area (TPSA) is 113 Å². The standard InChI is InChI=1S/C20H25FN4O5S/c1-7-29-17(27)14-12-8-11(21)9-13(25(6)19(28)30-20(3,4)5)15(12)23-16(14)24-18(31)22-10(2)26/h8-9,23H,7H2,1-6H3,(H2,22,24,26,31). The number of aromatic nitrogens is 1. The number of fused-ring (bicyclic) bond motifs is 1. The highest BCUT2D eigenvalue weighted by molar-refractivity contribution is 7.80. The average Bonchev–Trinajstić information content (AvgIpc) is 2.95. The van der Waals surface area contributed by atoms with Gasteiger partial charge >= 0.3 is 12.1 Å². The van der Waals surface area contributed by atoms with Crippen LogP contribution in [0.3, 0.4) is 0 Å². The molecule has 1 aromatic heterocycles. The van der Waals surface area contributed by atoms with Gasteiger partial charge in [-0.05, 0) is 52.0 Å². The van der Waals surface area contributed by atoms with Crippen LogP contribution in [0.15, 0.2) is 12.1 Å². The van der Waals surface area contributed by atoms with Crippen molar-refractivity contribution in [2.45, 2.75) is 40.2 Å². The zero-order valence-corrected chi connectivity index (χ0v) is 19.0. The van der Waals surface area contributed by atoms with Crippen molar-refractivity contribution in [1.82, 2.24) is 10.3 Å². The van der Waals surface area contributed by atoms with E-state index in [0.717, 1.165) is 17.0 Å². The first-order chi connectivity index (χ1) is 14.3. The minimum absolute atomic E-state index is 0.0251. The van der Waals surface area contributed by atoms with Gasteiger partial charge in [0.1, 0.15) is 22.8 Å². The number of benzene rings is 1. The van der Waals surface area contributed by atoms with Gasteiger partial charge in [0.05, 0.1) is 17.8 Å². The van der Waals surface area contributed by atoms with E-state index in [9.17, 15) is 18.8 Å². The summed E-state index contributed by atoms with van der Waals surface area (Å²) in [5.41, 5.74) is -0.386. The molecule has 0 aliphatic rings. The van der Waals surface area contributed by atoms with Crippen molar-refractivity contribution >= 4 is 57.7 Å². The summed E-state index contributed by atoms with van der Waals surface area (Å²) in [6.45, 7) is 8.11. The molecule has 0 aliphatic carbocycles. The predicted molar refractivity (Wildman–Crippen MR) is 119 cm³/mol. The van der Waals surface area contributed by atoms with Crippen LogP contribution in [0.4, 0.5) is 20.7 Å². The molecule has 2 amide bonds. The van der Waals surface area contributed by atoms with E-state index in [2.05, 4.69) is 15.6 Å². The molecule has 0 fully saturated rings. The number of carbonyl (C=O) groups is 3. The molecule has 1 heterocycles. The first-order valence-corrected chi connectivity index (χ1v) is 9.82. The van der Waals surface area contributed by atoms with Crippen molar-refractivity contribution < 1.29 is 28.2 Å². The van der Waals surface area contributed by atoms with Gasteiger partial charge < -0.3 is 25.1 Å². The molecule has 0 bridgehead atoms. The van der Waals surface area contributed by atoms with Crippen LogP contribution in [0.2, 0.25) is 0 Å². The number of thiocarbonyl (C=S) groups is 1. The Morgan fingerprint density at radius 3 is 2.45 bits per heavy atom. The minimum atomic E-state index is -0.763. The monoisotopic (exact) mass is 452 g/mol. The maximum absolute atomic E-state index is 14.5. The third-order valence-corrected chi connectivity index (χ3v) is 4.09. The van der Waals surface area contributed by atoms with Gasteiger partial charge in [0, 0.05) is 19.4 Å². The average molecular weight is 453 g/mol. The third-order valence-electron chi connectivity index (χ3n) is 3.89. The maximum Gasteiger partial charge on any atom is 0.414 e. The number of H-pyrrole nitrogens is 1. The molecule has 2 rings (SSSR count). The van der Waals surface area contributed by atoms with Crippen LogP contribution in [0.1, 0.15) is 45.0 Å². The van der Waals surface area contributed by atoms with Gasteiger partial charge in [0.2, 0.25) is 5.91 Å².